The molecule has 2 aromatic heterocycles. The van der Waals surface area contributed by atoms with Gasteiger partial charge in [0.05, 0.1) is 6.26 Å². The molecule has 0 N–H and O–H groups in total. The van der Waals surface area contributed by atoms with Gasteiger partial charge in [-0.15, -0.1) is 10.2 Å². The Morgan fingerprint density at radius 2 is 2.26 bits per heavy atom. The molecule has 0 atom stereocenters. The molecule has 0 radical (unpaired) electrons. The van der Waals surface area contributed by atoms with Crippen LogP contribution in [0.3, 0.4) is 0 Å². The number of hydrogen-bond donors (Lipinski definition) is 0. The summed E-state index contributed by atoms with van der Waals surface area (Å²) < 4.78 is 12.4. The molecule has 0 spiro atoms. The van der Waals surface area contributed by atoms with Crippen LogP contribution in [0.25, 0.3) is 0 Å². The van der Waals surface area contributed by atoms with Gasteiger partial charge in [0.1, 0.15) is 17.1 Å². The van der Waals surface area contributed by atoms with Crippen LogP contribution in [-0.4, -0.2) is 20.7 Å². The Kier molecular flexibility index (Phi) is 2.85. The average molecular weight is 261 g/mol. The van der Waals surface area contributed by atoms with Crippen LogP contribution in [-0.2, 0) is 11.3 Å². The van der Waals surface area contributed by atoms with E-state index in [1.165, 1.54) is 6.26 Å². The summed E-state index contributed by atoms with van der Waals surface area (Å²) in [5.41, 5.74) is 0.453. The molecule has 0 saturated heterocycles. The zero-order valence-electron chi connectivity index (χ0n) is 10.9. The van der Waals surface area contributed by atoms with Gasteiger partial charge in [0.2, 0.25) is 0 Å². The summed E-state index contributed by atoms with van der Waals surface area (Å²) >= 11 is 0. The van der Waals surface area contributed by atoms with Crippen molar-refractivity contribution in [3.05, 3.63) is 35.3 Å². The summed E-state index contributed by atoms with van der Waals surface area (Å²) in [6, 6.07) is 2.08. The third-order valence-electron chi connectivity index (χ3n) is 3.26. The number of esters is 1. The van der Waals surface area contributed by atoms with Crippen LogP contribution in [0.2, 0.25) is 0 Å². The van der Waals surface area contributed by atoms with Crippen LogP contribution in [0.4, 0.5) is 0 Å². The molecule has 2 heterocycles. The Bertz CT molecular complexity index is 610. The SMILES string of the molecule is Cc1occc1C(=O)OCc1nnc(C)n1C1CC1. The number of aromatic nitrogens is 3. The second-order valence-corrected chi connectivity index (χ2v) is 4.73. The number of nitrogens with zero attached hydrogens (tertiary/aromatic N) is 3. The van der Waals surface area contributed by atoms with Crippen LogP contribution in [0, 0.1) is 13.8 Å². The van der Waals surface area contributed by atoms with E-state index in [-0.39, 0.29) is 6.61 Å². The number of ether oxygens (including phenoxy) is 1. The molecule has 100 valence electrons. The summed E-state index contributed by atoms with van der Waals surface area (Å²) in [7, 11) is 0. The minimum absolute atomic E-state index is 0.140. The van der Waals surface area contributed by atoms with E-state index in [0.717, 1.165) is 18.7 Å². The van der Waals surface area contributed by atoms with Gasteiger partial charge in [-0.05, 0) is 32.8 Å². The van der Waals surface area contributed by atoms with E-state index >= 15 is 0 Å². The van der Waals surface area contributed by atoms with Gasteiger partial charge >= 0.3 is 5.97 Å². The van der Waals surface area contributed by atoms with E-state index in [2.05, 4.69) is 14.8 Å². The fourth-order valence-electron chi connectivity index (χ4n) is 2.12. The van der Waals surface area contributed by atoms with Crippen LogP contribution in [0.15, 0.2) is 16.7 Å². The lowest BCUT2D eigenvalue weighted by Gasteiger charge is -2.07. The maximum Gasteiger partial charge on any atom is 0.342 e. The Labute approximate surface area is 110 Å². The Morgan fingerprint density at radius 1 is 1.47 bits per heavy atom. The predicted octanol–water partition coefficient (Wildman–Crippen LogP) is 2.18. The van der Waals surface area contributed by atoms with E-state index in [9.17, 15) is 4.79 Å². The van der Waals surface area contributed by atoms with Crippen molar-refractivity contribution in [2.75, 3.05) is 0 Å². The lowest BCUT2D eigenvalue weighted by molar-refractivity contribution is 0.0455. The van der Waals surface area contributed by atoms with Gasteiger partial charge < -0.3 is 13.7 Å². The highest BCUT2D eigenvalue weighted by atomic mass is 16.5. The second-order valence-electron chi connectivity index (χ2n) is 4.73. The smallest absolute Gasteiger partial charge is 0.342 e. The third kappa shape index (κ3) is 2.25. The van der Waals surface area contributed by atoms with Crippen LogP contribution >= 0.6 is 0 Å². The van der Waals surface area contributed by atoms with Gasteiger partial charge in [-0.25, -0.2) is 4.79 Å². The minimum atomic E-state index is -0.394. The lowest BCUT2D eigenvalue weighted by Crippen LogP contribution is -2.10. The number of furan rings is 1. The van der Waals surface area contributed by atoms with Crippen molar-refractivity contribution in [3.63, 3.8) is 0 Å². The zero-order valence-corrected chi connectivity index (χ0v) is 10.9. The highest BCUT2D eigenvalue weighted by Crippen LogP contribution is 2.36. The van der Waals surface area contributed by atoms with Crippen molar-refractivity contribution in [2.24, 2.45) is 0 Å². The minimum Gasteiger partial charge on any atom is -0.469 e. The first-order valence-corrected chi connectivity index (χ1v) is 6.28. The molecular weight excluding hydrogens is 246 g/mol. The number of aryl methyl sites for hydroxylation is 2. The first-order chi connectivity index (χ1) is 9.16. The van der Waals surface area contributed by atoms with Crippen molar-refractivity contribution in [1.82, 2.24) is 14.8 Å². The van der Waals surface area contributed by atoms with Crippen molar-refractivity contribution in [1.29, 1.82) is 0 Å². The molecule has 6 nitrogen and oxygen atoms in total. The van der Waals surface area contributed by atoms with Gasteiger partial charge in [0.25, 0.3) is 0 Å². The lowest BCUT2D eigenvalue weighted by atomic mass is 10.3. The van der Waals surface area contributed by atoms with Crippen LogP contribution in [0.1, 0.15) is 46.7 Å². The fourth-order valence-corrected chi connectivity index (χ4v) is 2.12. The number of hydrogen-bond acceptors (Lipinski definition) is 5. The molecule has 1 aliphatic carbocycles. The molecule has 2 aromatic rings. The van der Waals surface area contributed by atoms with Crippen LogP contribution < -0.4 is 0 Å². The Balaban J connectivity index is 1.70. The first-order valence-electron chi connectivity index (χ1n) is 6.28. The average Bonchev–Trinajstić information content (AvgIpc) is 3.02. The van der Waals surface area contributed by atoms with Crippen molar-refractivity contribution >= 4 is 5.97 Å². The molecule has 1 aliphatic rings. The van der Waals surface area contributed by atoms with E-state index in [0.29, 0.717) is 23.2 Å². The number of rotatable bonds is 4. The quantitative estimate of drug-likeness (QED) is 0.789. The predicted molar refractivity (Wildman–Crippen MR) is 65.6 cm³/mol. The summed E-state index contributed by atoms with van der Waals surface area (Å²) in [4.78, 5) is 11.9. The fraction of sp³-hybridized carbons (Fsp3) is 0.462. The molecule has 1 fully saturated rings. The van der Waals surface area contributed by atoms with Crippen LogP contribution in [0.5, 0.6) is 0 Å². The zero-order chi connectivity index (χ0) is 13.4. The summed E-state index contributed by atoms with van der Waals surface area (Å²) in [6.45, 7) is 3.78. The highest BCUT2D eigenvalue weighted by molar-refractivity contribution is 5.90. The largest absolute Gasteiger partial charge is 0.469 e. The number of carbonyl (C=O) groups is 1. The second kappa shape index (κ2) is 4.53. The topological polar surface area (TPSA) is 70.2 Å². The molecule has 1 saturated carbocycles. The van der Waals surface area contributed by atoms with Gasteiger partial charge in [0, 0.05) is 6.04 Å². The Hall–Kier alpha value is -2.11. The van der Waals surface area contributed by atoms with Crippen molar-refractivity contribution in [2.45, 2.75) is 39.3 Å². The Morgan fingerprint density at radius 3 is 2.89 bits per heavy atom. The van der Waals surface area contributed by atoms with E-state index in [1.807, 2.05) is 6.92 Å². The molecule has 19 heavy (non-hydrogen) atoms. The van der Waals surface area contributed by atoms with E-state index in [4.69, 9.17) is 9.15 Å². The monoisotopic (exact) mass is 261 g/mol. The van der Waals surface area contributed by atoms with Crippen molar-refractivity contribution < 1.29 is 13.9 Å². The molecule has 0 bridgehead atoms. The first kappa shape index (κ1) is 12.0. The molecular formula is C13H15N3O3. The van der Waals surface area contributed by atoms with Crippen molar-refractivity contribution in [3.8, 4) is 0 Å². The van der Waals surface area contributed by atoms with Gasteiger partial charge in [-0.1, -0.05) is 0 Å². The molecule has 0 aliphatic heterocycles. The molecule has 0 amide bonds. The van der Waals surface area contributed by atoms with E-state index < -0.39 is 5.97 Å². The molecule has 0 unspecified atom stereocenters. The molecule has 0 aromatic carbocycles. The molecule has 3 rings (SSSR count). The van der Waals surface area contributed by atoms with Gasteiger partial charge in [-0.3, -0.25) is 0 Å². The molecule has 6 heteroatoms. The summed E-state index contributed by atoms with van der Waals surface area (Å²) in [5, 5.41) is 8.10. The van der Waals surface area contributed by atoms with Gasteiger partial charge in [0.15, 0.2) is 12.4 Å². The maximum atomic E-state index is 11.9. The van der Waals surface area contributed by atoms with E-state index in [1.54, 1.807) is 13.0 Å². The number of carbonyl (C=O) groups excluding carboxylic acids is 1. The highest BCUT2D eigenvalue weighted by Gasteiger charge is 2.28. The summed E-state index contributed by atoms with van der Waals surface area (Å²) in [5.74, 6) is 1.74. The maximum absolute atomic E-state index is 11.9. The normalized spacial score (nSPS) is 14.6. The summed E-state index contributed by atoms with van der Waals surface area (Å²) in [6.07, 6.45) is 3.75. The standard InChI is InChI=1S/C13H15N3O3/c1-8-11(5-6-18-8)13(17)19-7-12-15-14-9(2)16(12)10-3-4-10/h5-6,10H,3-4,7H2,1-2H3. The van der Waals surface area contributed by atoms with Gasteiger partial charge in [-0.2, -0.15) is 0 Å². The third-order valence-corrected chi connectivity index (χ3v) is 3.26.